The summed E-state index contributed by atoms with van der Waals surface area (Å²) < 4.78 is 15.9. The van der Waals surface area contributed by atoms with Crippen LogP contribution in [-0.2, 0) is 36.8 Å². The molecule has 2 aromatic heterocycles. The molecule has 5 atom stereocenters. The van der Waals surface area contributed by atoms with Gasteiger partial charge in [-0.3, -0.25) is 9.59 Å². The predicted molar refractivity (Wildman–Crippen MR) is 236 cm³/mol. The van der Waals surface area contributed by atoms with Crippen LogP contribution in [0.25, 0.3) is 22.9 Å². The lowest BCUT2D eigenvalue weighted by Crippen LogP contribution is -2.51. The van der Waals surface area contributed by atoms with Gasteiger partial charge >= 0.3 is 12.2 Å². The van der Waals surface area contributed by atoms with Crippen molar-refractivity contribution in [2.24, 2.45) is 11.8 Å². The van der Waals surface area contributed by atoms with Crippen LogP contribution in [0.2, 0.25) is 0 Å². The molecule has 4 N–H and O–H groups in total. The maximum atomic E-state index is 14.0. The van der Waals surface area contributed by atoms with Crippen molar-refractivity contribution in [1.29, 1.82) is 0 Å². The Morgan fingerprint density at radius 1 is 0.952 bits per heavy atom. The summed E-state index contributed by atoms with van der Waals surface area (Å²) in [7, 11) is 2.57. The van der Waals surface area contributed by atoms with Crippen molar-refractivity contribution in [3.8, 4) is 11.3 Å². The fourth-order valence-corrected chi connectivity index (χ4v) is 9.10. The van der Waals surface area contributed by atoms with Crippen LogP contribution >= 0.6 is 0 Å². The van der Waals surface area contributed by atoms with Crippen molar-refractivity contribution in [1.82, 2.24) is 40.4 Å². The minimum absolute atomic E-state index is 0.132. The minimum atomic E-state index is -0.902. The molecule has 15 nitrogen and oxygen atoms in total. The van der Waals surface area contributed by atoms with E-state index in [0.717, 1.165) is 70.0 Å². The van der Waals surface area contributed by atoms with E-state index in [9.17, 15) is 19.2 Å². The second-order valence-corrected chi connectivity index (χ2v) is 16.9. The standard InChI is InChI=1S/C48H54N8O7/c1-7-40-34(21-29-15-18-35-36(22-29)51-44(50-35)39-20-28(4)25-56(39)45(57)41(27(2)3)53-47(59)61-5)33-17-16-31(23-32(33)26-63-40)37-24-49-43(52-37)38-14-11-19-55(38)46(58)42(54-48(60)62-6)30-12-9-8-10-13-30/h7-10,12-13,15-18,21,23-24,27-28,38-39,41-42H,1,11,14,19-20,22,25-26H2,2-6H3,(H,49,52)(H,50,51)(H,53,59)(H,54,60)/b29-21-. The van der Waals surface area contributed by atoms with Crippen LogP contribution in [0.3, 0.4) is 0 Å². The molecule has 2 saturated heterocycles. The van der Waals surface area contributed by atoms with E-state index in [-0.39, 0.29) is 35.7 Å². The summed E-state index contributed by atoms with van der Waals surface area (Å²) in [6, 6.07) is 13.2. The number of aromatic amines is 2. The van der Waals surface area contributed by atoms with Crippen molar-refractivity contribution in [2.75, 3.05) is 27.3 Å². The van der Waals surface area contributed by atoms with E-state index >= 15 is 0 Å². The van der Waals surface area contributed by atoms with Crippen LogP contribution in [0, 0.1) is 11.8 Å². The highest BCUT2D eigenvalue weighted by Crippen LogP contribution is 2.39. The molecule has 0 radical (unpaired) electrons. The monoisotopic (exact) mass is 854 g/mol. The van der Waals surface area contributed by atoms with Crippen LogP contribution in [0.15, 0.2) is 90.9 Å². The van der Waals surface area contributed by atoms with Gasteiger partial charge in [-0.1, -0.05) is 75.9 Å². The maximum Gasteiger partial charge on any atom is 0.407 e. The summed E-state index contributed by atoms with van der Waals surface area (Å²) in [5.74, 6) is 1.85. The second-order valence-electron chi connectivity index (χ2n) is 16.9. The van der Waals surface area contributed by atoms with Gasteiger partial charge in [0.1, 0.15) is 36.1 Å². The Balaban J connectivity index is 0.995. The number of fused-ring (bicyclic) bond motifs is 2. The number of nitrogens with zero attached hydrogens (tertiary/aromatic N) is 4. The summed E-state index contributed by atoms with van der Waals surface area (Å²) in [5, 5.41) is 5.45. The lowest BCUT2D eigenvalue weighted by atomic mass is 9.91. The fourth-order valence-electron chi connectivity index (χ4n) is 9.10. The van der Waals surface area contributed by atoms with Gasteiger partial charge < -0.3 is 44.6 Å². The molecule has 5 heterocycles. The third kappa shape index (κ3) is 8.77. The van der Waals surface area contributed by atoms with Gasteiger partial charge in [-0.15, -0.1) is 0 Å². The predicted octanol–water partition coefficient (Wildman–Crippen LogP) is 7.47. The molecule has 4 amide bonds. The zero-order valence-electron chi connectivity index (χ0n) is 36.3. The number of imidazole rings is 2. The van der Waals surface area contributed by atoms with Gasteiger partial charge in [-0.25, -0.2) is 19.6 Å². The number of hydrogen-bond donors (Lipinski definition) is 4. The molecule has 0 spiro atoms. The number of hydrogen-bond acceptors (Lipinski definition) is 9. The van der Waals surface area contributed by atoms with Crippen LogP contribution in [-0.4, -0.2) is 87.1 Å². The van der Waals surface area contributed by atoms with E-state index < -0.39 is 24.3 Å². The molecule has 0 bridgehead atoms. The quantitative estimate of drug-likeness (QED) is 0.119. The topological polar surface area (TPSA) is 184 Å². The molecule has 2 aromatic carbocycles. The first-order chi connectivity index (χ1) is 30.5. The Hall–Kier alpha value is -6.90. The molecule has 8 rings (SSSR count). The number of allylic oxidation sites excluding steroid dienone is 5. The van der Waals surface area contributed by atoms with Crippen LogP contribution < -0.4 is 10.6 Å². The molecule has 15 heteroatoms. The Bertz CT molecular complexity index is 2500. The Kier molecular flexibility index (Phi) is 12.4. The number of carbonyl (C=O) groups is 4. The van der Waals surface area contributed by atoms with E-state index in [0.29, 0.717) is 43.3 Å². The number of carbonyl (C=O) groups excluding carboxylic acids is 4. The second kappa shape index (κ2) is 18.2. The number of methoxy groups -OCH3 is 2. The smallest absolute Gasteiger partial charge is 0.407 e. The van der Waals surface area contributed by atoms with Crippen LogP contribution in [0.1, 0.15) is 97.9 Å². The molecule has 4 aromatic rings. The lowest BCUT2D eigenvalue weighted by Gasteiger charge is -2.30. The number of alkyl carbamates (subject to hydrolysis) is 2. The summed E-state index contributed by atoms with van der Waals surface area (Å²) in [5.41, 5.74) is 8.20. The van der Waals surface area contributed by atoms with Crippen molar-refractivity contribution < 1.29 is 33.4 Å². The van der Waals surface area contributed by atoms with Crippen LogP contribution in [0.5, 0.6) is 0 Å². The Morgan fingerprint density at radius 2 is 1.73 bits per heavy atom. The number of ether oxygens (including phenoxy) is 3. The molecular weight excluding hydrogens is 801 g/mol. The Labute approximate surface area is 366 Å². The molecule has 1 aliphatic carbocycles. The van der Waals surface area contributed by atoms with E-state index in [1.54, 1.807) is 17.2 Å². The van der Waals surface area contributed by atoms with Crippen molar-refractivity contribution in [3.05, 3.63) is 131 Å². The van der Waals surface area contributed by atoms with E-state index in [1.165, 1.54) is 14.2 Å². The number of H-pyrrole nitrogens is 2. The fraction of sp³-hybridized carbons (Fsp3) is 0.375. The first-order valence-corrected chi connectivity index (χ1v) is 21.5. The van der Waals surface area contributed by atoms with Gasteiger partial charge in [-0.05, 0) is 83.2 Å². The summed E-state index contributed by atoms with van der Waals surface area (Å²) in [6.07, 6.45) is 11.3. The third-order valence-electron chi connectivity index (χ3n) is 12.3. The van der Waals surface area contributed by atoms with E-state index in [1.807, 2.05) is 55.2 Å². The van der Waals surface area contributed by atoms with Crippen LogP contribution in [0.4, 0.5) is 9.59 Å². The maximum absolute atomic E-state index is 14.0. The first kappa shape index (κ1) is 42.8. The zero-order valence-corrected chi connectivity index (χ0v) is 36.3. The van der Waals surface area contributed by atoms with E-state index in [4.69, 9.17) is 24.2 Å². The third-order valence-corrected chi connectivity index (χ3v) is 12.3. The van der Waals surface area contributed by atoms with Gasteiger partial charge in [0.25, 0.3) is 5.91 Å². The average molecular weight is 855 g/mol. The SMILES string of the molecule is C=CC1=C(/C=C2/C=Cc3nc(C4CC(C)CN4C(=O)C(NC(=O)OC)C(C)C)[nH]c3C2)c2ccc(-c3cnc(C4CCCN4C(=O)C(NC(=O)OC)c4ccccc4)[nH]3)cc2CO1. The molecule has 63 heavy (non-hydrogen) atoms. The van der Waals surface area contributed by atoms with Gasteiger partial charge in [0.15, 0.2) is 0 Å². The average Bonchev–Trinajstić information content (AvgIpc) is 4.13. The lowest BCUT2D eigenvalue weighted by molar-refractivity contribution is -0.136. The highest BCUT2D eigenvalue weighted by atomic mass is 16.5. The van der Waals surface area contributed by atoms with Crippen molar-refractivity contribution in [3.63, 3.8) is 0 Å². The Morgan fingerprint density at radius 3 is 2.48 bits per heavy atom. The summed E-state index contributed by atoms with van der Waals surface area (Å²) in [4.78, 5) is 72.7. The molecule has 3 aliphatic heterocycles. The molecular formula is C48H54N8O7. The molecule has 328 valence electrons. The minimum Gasteiger partial charge on any atom is -0.488 e. The number of benzene rings is 2. The summed E-state index contributed by atoms with van der Waals surface area (Å²) >= 11 is 0. The van der Waals surface area contributed by atoms with Crippen molar-refractivity contribution >= 4 is 35.6 Å². The highest BCUT2D eigenvalue weighted by molar-refractivity contribution is 5.88. The van der Waals surface area contributed by atoms with E-state index in [2.05, 4.69) is 64.5 Å². The van der Waals surface area contributed by atoms with Crippen molar-refractivity contribution in [2.45, 2.75) is 77.2 Å². The molecule has 2 fully saturated rings. The summed E-state index contributed by atoms with van der Waals surface area (Å²) in [6.45, 7) is 11.4. The van der Waals surface area contributed by atoms with Gasteiger partial charge in [-0.2, -0.15) is 0 Å². The molecule has 0 saturated carbocycles. The molecule has 5 unspecified atom stereocenters. The van der Waals surface area contributed by atoms with Gasteiger partial charge in [0.2, 0.25) is 5.91 Å². The normalized spacial score (nSPS) is 20.8. The highest BCUT2D eigenvalue weighted by Gasteiger charge is 2.41. The number of nitrogens with one attached hydrogen (secondary N) is 4. The first-order valence-electron chi connectivity index (χ1n) is 21.5. The number of aromatic nitrogens is 4. The van der Waals surface area contributed by atoms with Gasteiger partial charge in [0, 0.05) is 30.8 Å². The number of rotatable bonds is 11. The number of likely N-dealkylation sites (tertiary alicyclic amines) is 2. The van der Waals surface area contributed by atoms with Gasteiger partial charge in [0.05, 0.1) is 43.9 Å². The zero-order chi connectivity index (χ0) is 44.4. The largest absolute Gasteiger partial charge is 0.488 e. The number of amides is 4. The molecule has 4 aliphatic rings.